The number of nitrogens with two attached hydrogens (primary N) is 1. The first-order valence-electron chi connectivity index (χ1n) is 4.00. The fourth-order valence-electron chi connectivity index (χ4n) is 1.04. The van der Waals surface area contributed by atoms with Gasteiger partial charge in [0.15, 0.2) is 0 Å². The van der Waals surface area contributed by atoms with Crippen molar-refractivity contribution in [3.05, 3.63) is 29.6 Å². The minimum atomic E-state index is 0.715. The van der Waals surface area contributed by atoms with Crippen molar-refractivity contribution in [3.8, 4) is 0 Å². The third-order valence-corrected chi connectivity index (χ3v) is 1.68. The number of aryl methyl sites for hydroxylation is 1. The molecular weight excluding hydrogens is 136 g/mol. The van der Waals surface area contributed by atoms with Crippen LogP contribution in [0.4, 0.5) is 0 Å². The van der Waals surface area contributed by atoms with E-state index in [2.05, 4.69) is 18.0 Å². The quantitative estimate of drug-likeness (QED) is 0.702. The van der Waals surface area contributed by atoms with Crippen LogP contribution in [0.1, 0.15) is 18.2 Å². The molecule has 0 saturated carbocycles. The van der Waals surface area contributed by atoms with Crippen LogP contribution in [0.25, 0.3) is 0 Å². The fraction of sp³-hybridized carbons (Fsp3) is 0.444. The lowest BCUT2D eigenvalue weighted by Gasteiger charge is -1.99. The van der Waals surface area contributed by atoms with E-state index in [0.717, 1.165) is 18.5 Å². The van der Waals surface area contributed by atoms with Crippen molar-refractivity contribution in [1.82, 2.24) is 4.98 Å². The molecule has 0 saturated heterocycles. The molecule has 0 aromatic carbocycles. The highest BCUT2D eigenvalue weighted by Crippen LogP contribution is 2.02. The second-order valence-corrected chi connectivity index (χ2v) is 2.55. The van der Waals surface area contributed by atoms with E-state index in [0.29, 0.717) is 6.54 Å². The van der Waals surface area contributed by atoms with Crippen molar-refractivity contribution in [2.45, 2.75) is 19.8 Å². The van der Waals surface area contributed by atoms with Crippen molar-refractivity contribution in [1.29, 1.82) is 0 Å². The molecule has 0 bridgehead atoms. The smallest absolute Gasteiger partial charge is 0.0403 e. The highest BCUT2D eigenvalue weighted by molar-refractivity contribution is 5.16. The lowest BCUT2D eigenvalue weighted by atomic mass is 10.1. The predicted molar refractivity (Wildman–Crippen MR) is 46.4 cm³/mol. The first-order valence-corrected chi connectivity index (χ1v) is 4.00. The minimum Gasteiger partial charge on any atom is -0.330 e. The molecule has 2 heteroatoms. The maximum Gasteiger partial charge on any atom is 0.0403 e. The van der Waals surface area contributed by atoms with E-state index in [9.17, 15) is 0 Å². The summed E-state index contributed by atoms with van der Waals surface area (Å²) in [5, 5.41) is 0. The molecule has 0 amide bonds. The number of hydrogen-bond acceptors (Lipinski definition) is 2. The second-order valence-electron chi connectivity index (χ2n) is 2.55. The molecule has 1 heterocycles. The number of aromatic nitrogens is 1. The van der Waals surface area contributed by atoms with Crippen molar-refractivity contribution >= 4 is 0 Å². The Morgan fingerprint density at radius 3 is 3.00 bits per heavy atom. The SMILES string of the molecule is CCc1cc(CCN)ccn1. The number of pyridine rings is 1. The van der Waals surface area contributed by atoms with Gasteiger partial charge in [0, 0.05) is 11.9 Å². The molecule has 0 aliphatic rings. The van der Waals surface area contributed by atoms with Gasteiger partial charge in [0.2, 0.25) is 0 Å². The van der Waals surface area contributed by atoms with Gasteiger partial charge in [0.1, 0.15) is 0 Å². The van der Waals surface area contributed by atoms with E-state index in [1.807, 2.05) is 12.3 Å². The van der Waals surface area contributed by atoms with Crippen LogP contribution in [0.2, 0.25) is 0 Å². The summed E-state index contributed by atoms with van der Waals surface area (Å²) in [7, 11) is 0. The monoisotopic (exact) mass is 150 g/mol. The zero-order chi connectivity index (χ0) is 8.10. The summed E-state index contributed by atoms with van der Waals surface area (Å²) in [5.74, 6) is 0. The van der Waals surface area contributed by atoms with Gasteiger partial charge in [-0.05, 0) is 37.1 Å². The maximum absolute atomic E-state index is 5.43. The van der Waals surface area contributed by atoms with Crippen LogP contribution in [-0.2, 0) is 12.8 Å². The van der Waals surface area contributed by atoms with Crippen LogP contribution in [0.3, 0.4) is 0 Å². The molecule has 2 nitrogen and oxygen atoms in total. The van der Waals surface area contributed by atoms with Gasteiger partial charge in [-0.15, -0.1) is 0 Å². The Balaban J connectivity index is 2.74. The molecule has 11 heavy (non-hydrogen) atoms. The lowest BCUT2D eigenvalue weighted by molar-refractivity contribution is 0.944. The van der Waals surface area contributed by atoms with Crippen molar-refractivity contribution in [2.24, 2.45) is 5.73 Å². The van der Waals surface area contributed by atoms with Gasteiger partial charge < -0.3 is 5.73 Å². The van der Waals surface area contributed by atoms with Gasteiger partial charge in [-0.2, -0.15) is 0 Å². The van der Waals surface area contributed by atoms with E-state index < -0.39 is 0 Å². The van der Waals surface area contributed by atoms with Crippen LogP contribution in [0.15, 0.2) is 18.3 Å². The van der Waals surface area contributed by atoms with Crippen LogP contribution >= 0.6 is 0 Å². The van der Waals surface area contributed by atoms with Crippen molar-refractivity contribution < 1.29 is 0 Å². The molecule has 60 valence electrons. The molecule has 1 aromatic heterocycles. The third kappa shape index (κ3) is 2.31. The standard InChI is InChI=1S/C9H14N2/c1-2-9-7-8(3-5-10)4-6-11-9/h4,6-7H,2-3,5,10H2,1H3. The third-order valence-electron chi connectivity index (χ3n) is 1.68. The van der Waals surface area contributed by atoms with Gasteiger partial charge in [-0.3, -0.25) is 4.98 Å². The molecule has 1 rings (SSSR count). The summed E-state index contributed by atoms with van der Waals surface area (Å²) in [6.07, 6.45) is 3.80. The first-order chi connectivity index (χ1) is 5.36. The lowest BCUT2D eigenvalue weighted by Crippen LogP contribution is -2.03. The molecule has 2 N–H and O–H groups in total. The predicted octanol–water partition coefficient (Wildman–Crippen LogP) is 1.15. The molecule has 0 unspecified atom stereocenters. The topological polar surface area (TPSA) is 38.9 Å². The number of rotatable bonds is 3. The Bertz CT molecular complexity index is 221. The molecule has 1 aromatic rings. The van der Waals surface area contributed by atoms with Crippen LogP contribution in [0.5, 0.6) is 0 Å². The van der Waals surface area contributed by atoms with Crippen LogP contribution in [-0.4, -0.2) is 11.5 Å². The summed E-state index contributed by atoms with van der Waals surface area (Å²) >= 11 is 0. The zero-order valence-electron chi connectivity index (χ0n) is 6.88. The van der Waals surface area contributed by atoms with Gasteiger partial charge in [0.05, 0.1) is 0 Å². The molecular formula is C9H14N2. The normalized spacial score (nSPS) is 10.0. The Kier molecular flexibility index (Phi) is 3.05. The molecule has 0 fully saturated rings. The maximum atomic E-state index is 5.43. The van der Waals surface area contributed by atoms with Gasteiger partial charge in [-0.25, -0.2) is 0 Å². The van der Waals surface area contributed by atoms with E-state index in [1.165, 1.54) is 5.56 Å². The average Bonchev–Trinajstić information content (AvgIpc) is 2.06. The molecule has 0 aliphatic carbocycles. The number of hydrogen-bond donors (Lipinski definition) is 1. The zero-order valence-corrected chi connectivity index (χ0v) is 6.88. The van der Waals surface area contributed by atoms with Crippen LogP contribution < -0.4 is 5.73 Å². The highest BCUT2D eigenvalue weighted by Gasteiger charge is 1.93. The molecule has 0 aliphatic heterocycles. The average molecular weight is 150 g/mol. The van der Waals surface area contributed by atoms with Crippen molar-refractivity contribution in [2.75, 3.05) is 6.54 Å². The van der Waals surface area contributed by atoms with Gasteiger partial charge in [-0.1, -0.05) is 6.92 Å². The van der Waals surface area contributed by atoms with Gasteiger partial charge in [0.25, 0.3) is 0 Å². The minimum absolute atomic E-state index is 0.715. The highest BCUT2D eigenvalue weighted by atomic mass is 14.7. The first kappa shape index (κ1) is 8.21. The molecule has 0 atom stereocenters. The summed E-state index contributed by atoms with van der Waals surface area (Å²) in [5.41, 5.74) is 7.87. The van der Waals surface area contributed by atoms with E-state index in [-0.39, 0.29) is 0 Å². The fourth-order valence-corrected chi connectivity index (χ4v) is 1.04. The summed E-state index contributed by atoms with van der Waals surface area (Å²) < 4.78 is 0. The molecule has 0 radical (unpaired) electrons. The van der Waals surface area contributed by atoms with E-state index >= 15 is 0 Å². The Morgan fingerprint density at radius 2 is 2.36 bits per heavy atom. The van der Waals surface area contributed by atoms with E-state index in [1.54, 1.807) is 0 Å². The van der Waals surface area contributed by atoms with Crippen LogP contribution in [0, 0.1) is 0 Å². The van der Waals surface area contributed by atoms with E-state index in [4.69, 9.17) is 5.73 Å². The largest absolute Gasteiger partial charge is 0.330 e. The van der Waals surface area contributed by atoms with Gasteiger partial charge >= 0.3 is 0 Å². The summed E-state index contributed by atoms with van der Waals surface area (Å²) in [4.78, 5) is 4.20. The number of nitrogens with zero attached hydrogens (tertiary/aromatic N) is 1. The molecule has 0 spiro atoms. The second kappa shape index (κ2) is 4.09. The Labute approximate surface area is 67.5 Å². The summed E-state index contributed by atoms with van der Waals surface area (Å²) in [6.45, 7) is 2.82. The van der Waals surface area contributed by atoms with Crippen molar-refractivity contribution in [3.63, 3.8) is 0 Å². The Morgan fingerprint density at radius 1 is 1.55 bits per heavy atom. The Hall–Kier alpha value is -0.890. The summed E-state index contributed by atoms with van der Waals surface area (Å²) in [6, 6.07) is 4.14.